The predicted molar refractivity (Wildman–Crippen MR) is 239 cm³/mol. The summed E-state index contributed by atoms with van der Waals surface area (Å²) >= 11 is 28.2. The van der Waals surface area contributed by atoms with Crippen LogP contribution in [0.2, 0.25) is 20.1 Å². The van der Waals surface area contributed by atoms with Crippen LogP contribution in [0.4, 0.5) is 0 Å². The summed E-state index contributed by atoms with van der Waals surface area (Å²) in [4.78, 5) is 31.3. The lowest BCUT2D eigenvalue weighted by molar-refractivity contribution is 0.0939. The van der Waals surface area contributed by atoms with Gasteiger partial charge >= 0.3 is 10.1 Å². The van der Waals surface area contributed by atoms with Gasteiger partial charge in [0.2, 0.25) is 0 Å². The Kier molecular flexibility index (Phi) is 12.8. The molecular formula is C41H39Cl4N7O5S3. The number of halogens is 4. The molecule has 0 radical (unpaired) electrons. The minimum atomic E-state index is -4.44. The maximum atomic E-state index is 13.7. The average molecular weight is 948 g/mol. The predicted octanol–water partition coefficient (Wildman–Crippen LogP) is 9.22. The van der Waals surface area contributed by atoms with E-state index >= 15 is 0 Å². The topological polar surface area (TPSA) is 151 Å². The van der Waals surface area contributed by atoms with E-state index < -0.39 is 10.1 Å². The van der Waals surface area contributed by atoms with Gasteiger partial charge in [0, 0.05) is 34.3 Å². The van der Waals surface area contributed by atoms with Crippen LogP contribution in [0, 0.1) is 0 Å². The Hall–Kier alpha value is -3.77. The number of aryl methyl sites for hydroxylation is 2. The quantitative estimate of drug-likeness (QED) is 0.0766. The summed E-state index contributed by atoms with van der Waals surface area (Å²) in [5, 5.41) is 19.4. The van der Waals surface area contributed by atoms with E-state index in [9.17, 15) is 22.6 Å². The van der Waals surface area contributed by atoms with Crippen LogP contribution in [0.25, 0.3) is 32.5 Å². The fraction of sp³-hybridized carbons (Fsp3) is 0.317. The van der Waals surface area contributed by atoms with Gasteiger partial charge in [-0.2, -0.15) is 18.6 Å². The second-order valence-electron chi connectivity index (χ2n) is 14.8. The maximum Gasteiger partial charge on any atom is 0.304 e. The fourth-order valence-corrected chi connectivity index (χ4v) is 11.8. The lowest BCUT2D eigenvalue weighted by Crippen LogP contribution is -2.31. The highest BCUT2D eigenvalue weighted by molar-refractivity contribution is 7.88. The van der Waals surface area contributed by atoms with Crippen molar-refractivity contribution in [3.8, 4) is 32.5 Å². The molecule has 8 rings (SSSR count). The summed E-state index contributed by atoms with van der Waals surface area (Å²) in [6, 6.07) is 13.8. The number of thiophene rings is 2. The minimum absolute atomic E-state index is 0.174. The summed E-state index contributed by atoms with van der Waals surface area (Å²) in [7, 11) is -2.45. The third-order valence-electron chi connectivity index (χ3n) is 10.6. The van der Waals surface area contributed by atoms with Gasteiger partial charge in [0.15, 0.2) is 11.4 Å². The Morgan fingerprint density at radius 1 is 0.750 bits per heavy atom. The number of carbonyl (C=O) groups is 2. The van der Waals surface area contributed by atoms with E-state index in [1.807, 2.05) is 13.1 Å². The number of carbonyl (C=O) groups excluding carboxylic acids is 2. The zero-order valence-electron chi connectivity index (χ0n) is 32.2. The van der Waals surface area contributed by atoms with Crippen LogP contribution >= 0.6 is 69.1 Å². The molecule has 0 saturated heterocycles. The van der Waals surface area contributed by atoms with Crippen molar-refractivity contribution in [3.63, 3.8) is 0 Å². The molecule has 0 fully saturated rings. The molecule has 0 bridgehead atoms. The lowest BCUT2D eigenvalue weighted by atomic mass is 10.1. The van der Waals surface area contributed by atoms with Crippen molar-refractivity contribution < 1.29 is 22.6 Å². The second-order valence-corrected chi connectivity index (χ2v) is 20.1. The summed E-state index contributed by atoms with van der Waals surface area (Å²) in [5.74, 6) is -0.585. The van der Waals surface area contributed by atoms with Crippen molar-refractivity contribution in [1.82, 2.24) is 35.1 Å². The van der Waals surface area contributed by atoms with Crippen molar-refractivity contribution in [2.75, 3.05) is 33.2 Å². The van der Waals surface area contributed by atoms with Crippen LogP contribution in [0.5, 0.6) is 0 Å². The Bertz CT molecular complexity index is 2740. The highest BCUT2D eigenvalue weighted by atomic mass is 35.5. The number of nitrogens with zero attached hydrogens (tertiary/aromatic N) is 5. The van der Waals surface area contributed by atoms with E-state index in [0.717, 1.165) is 52.3 Å². The molecule has 2 aromatic carbocycles. The number of rotatable bonds is 13. The van der Waals surface area contributed by atoms with E-state index in [-0.39, 0.29) is 21.7 Å². The van der Waals surface area contributed by atoms with Crippen LogP contribution in [0.1, 0.15) is 68.9 Å². The fourth-order valence-electron chi connectivity index (χ4n) is 7.81. The van der Waals surface area contributed by atoms with Crippen molar-refractivity contribution in [3.05, 3.63) is 108 Å². The van der Waals surface area contributed by atoms with Crippen molar-refractivity contribution >= 4 is 91.0 Å². The molecule has 0 unspecified atom stereocenters. The van der Waals surface area contributed by atoms with Crippen molar-refractivity contribution in [1.29, 1.82) is 0 Å². The van der Waals surface area contributed by atoms with Crippen molar-refractivity contribution in [2.24, 2.45) is 0 Å². The van der Waals surface area contributed by atoms with E-state index in [2.05, 4.69) is 27.0 Å². The largest absolute Gasteiger partial charge is 0.351 e. The summed E-state index contributed by atoms with van der Waals surface area (Å²) in [6.45, 7) is 2.25. The van der Waals surface area contributed by atoms with E-state index in [1.54, 1.807) is 51.0 Å². The maximum absolute atomic E-state index is 13.7. The first-order valence-corrected chi connectivity index (χ1v) is 24.0. The zero-order valence-corrected chi connectivity index (χ0v) is 37.7. The molecule has 0 spiro atoms. The molecule has 2 amide bonds. The Labute approximate surface area is 375 Å². The SMILES string of the molecule is CN(CCCNC(=O)c1nn(-c2ccc(Cl)cc2Cl)c2c1CCCc1ccsc1-2)CCCNC(=O)c1nn(-c2ccc(Cl)cc2Cl)c2c1CCCc1cc(S(=O)(=O)O)sc1-2. The molecule has 4 heterocycles. The van der Waals surface area contributed by atoms with E-state index in [0.29, 0.717) is 112 Å². The Morgan fingerprint density at radius 3 is 1.78 bits per heavy atom. The Morgan fingerprint density at radius 2 is 1.27 bits per heavy atom. The van der Waals surface area contributed by atoms with Gasteiger partial charge in [0.1, 0.15) is 4.21 Å². The standard InChI is InChI=1S/C41H39Cl4N7O5S3/c1-50(17-4-15-46-40(53)34-27-8-2-6-23-14-19-58-38(23)36(27)51(48-34)31-12-10-25(42)21-29(31)44)18-5-16-47-41(54)35-28-9-3-7-24-20-33(60(55,56)57)59-39(24)37(28)52(49-35)32-13-11-26(43)22-30(32)45/h10-14,19-22H,2-9,15-18H2,1H3,(H,46,53)(H,47,54)(H,55,56,57). The number of amides is 2. The van der Waals surface area contributed by atoms with Gasteiger partial charge < -0.3 is 15.5 Å². The first kappa shape index (κ1) is 42.9. The molecule has 60 heavy (non-hydrogen) atoms. The highest BCUT2D eigenvalue weighted by Crippen LogP contribution is 2.44. The molecule has 0 aliphatic heterocycles. The van der Waals surface area contributed by atoms with Crippen LogP contribution in [0.15, 0.2) is 58.1 Å². The first-order valence-electron chi connectivity index (χ1n) is 19.4. The number of hydrogen-bond donors (Lipinski definition) is 3. The third-order valence-corrected chi connectivity index (χ3v) is 15.2. The number of aromatic nitrogens is 4. The number of hydrogen-bond acceptors (Lipinski definition) is 9. The molecule has 2 aliphatic carbocycles. The monoisotopic (exact) mass is 945 g/mol. The highest BCUT2D eigenvalue weighted by Gasteiger charge is 2.32. The van der Waals surface area contributed by atoms with Gasteiger partial charge in [-0.1, -0.05) is 46.4 Å². The van der Waals surface area contributed by atoms with Crippen LogP contribution in [-0.2, 0) is 35.8 Å². The molecule has 19 heteroatoms. The number of nitrogens with one attached hydrogen (secondary N) is 2. The van der Waals surface area contributed by atoms with Crippen LogP contribution in [0.3, 0.4) is 0 Å². The van der Waals surface area contributed by atoms with Crippen LogP contribution in [-0.4, -0.2) is 82.5 Å². The molecule has 3 N–H and O–H groups in total. The summed E-state index contributed by atoms with van der Waals surface area (Å²) in [5.41, 5.74) is 6.81. The smallest absolute Gasteiger partial charge is 0.304 e. The second kappa shape index (κ2) is 17.9. The number of benzene rings is 2. The molecule has 0 saturated carbocycles. The molecular weight excluding hydrogens is 909 g/mol. The van der Waals surface area contributed by atoms with E-state index in [4.69, 9.17) is 56.6 Å². The van der Waals surface area contributed by atoms with Gasteiger partial charge in [-0.3, -0.25) is 14.1 Å². The average Bonchev–Trinajstić information content (AvgIpc) is 3.96. The lowest BCUT2D eigenvalue weighted by Gasteiger charge is -2.16. The van der Waals surface area contributed by atoms with Gasteiger partial charge in [0.25, 0.3) is 11.8 Å². The normalized spacial score (nSPS) is 13.6. The molecule has 4 aromatic heterocycles. The zero-order chi connectivity index (χ0) is 42.3. The molecule has 314 valence electrons. The van der Waals surface area contributed by atoms with Gasteiger partial charge in [0.05, 0.1) is 42.6 Å². The third kappa shape index (κ3) is 8.79. The molecule has 0 atom stereocenters. The van der Waals surface area contributed by atoms with Gasteiger partial charge in [-0.05, 0) is 137 Å². The minimum Gasteiger partial charge on any atom is -0.351 e. The first-order chi connectivity index (χ1) is 28.8. The molecule has 6 aromatic rings. The van der Waals surface area contributed by atoms with Gasteiger partial charge in [-0.15, -0.1) is 22.7 Å². The number of fused-ring (bicyclic) bond motifs is 6. The van der Waals surface area contributed by atoms with E-state index in [1.165, 1.54) is 11.6 Å². The Balaban J connectivity index is 0.890. The molecule has 2 aliphatic rings. The summed E-state index contributed by atoms with van der Waals surface area (Å²) in [6.07, 6.45) is 5.65. The van der Waals surface area contributed by atoms with Crippen molar-refractivity contribution in [2.45, 2.75) is 55.6 Å². The summed E-state index contributed by atoms with van der Waals surface area (Å²) < 4.78 is 37.2. The van der Waals surface area contributed by atoms with Gasteiger partial charge in [-0.25, -0.2) is 9.36 Å². The molecule has 12 nitrogen and oxygen atoms in total. The van der Waals surface area contributed by atoms with Crippen LogP contribution < -0.4 is 10.6 Å².